The Morgan fingerprint density at radius 3 is 2.90 bits per heavy atom. The summed E-state index contributed by atoms with van der Waals surface area (Å²) in [7, 11) is 0. The highest BCUT2D eigenvalue weighted by Gasteiger charge is 2.35. The summed E-state index contributed by atoms with van der Waals surface area (Å²) in [6.07, 6.45) is 1.87. The SMILES string of the molecule is O=C(CCl)N1CCCC(N2Cc3ccccc3C2=O)C1. The maximum atomic E-state index is 12.4. The number of carbonyl (C=O) groups is 2. The molecular formula is C15H17ClN2O2. The average molecular weight is 293 g/mol. The zero-order valence-corrected chi connectivity index (χ0v) is 12.0. The second-order valence-electron chi connectivity index (χ2n) is 5.36. The standard InChI is InChI=1S/C15H17ClN2O2/c16-8-14(19)17-7-3-5-12(10-17)18-9-11-4-1-2-6-13(11)15(18)20/h1-2,4,6,12H,3,5,7-10H2. The summed E-state index contributed by atoms with van der Waals surface area (Å²) in [6, 6.07) is 7.83. The third-order valence-corrected chi connectivity index (χ3v) is 4.38. The number of hydrogen-bond donors (Lipinski definition) is 0. The lowest BCUT2D eigenvalue weighted by atomic mass is 10.0. The molecule has 1 saturated heterocycles. The molecule has 0 radical (unpaired) electrons. The van der Waals surface area contributed by atoms with Crippen molar-refractivity contribution in [2.24, 2.45) is 0 Å². The van der Waals surface area contributed by atoms with Gasteiger partial charge in [0.25, 0.3) is 5.91 Å². The molecule has 0 aliphatic carbocycles. The van der Waals surface area contributed by atoms with Gasteiger partial charge in [0.1, 0.15) is 5.88 Å². The zero-order valence-electron chi connectivity index (χ0n) is 11.2. The molecule has 0 spiro atoms. The third-order valence-electron chi connectivity index (χ3n) is 4.15. The number of piperidine rings is 1. The lowest BCUT2D eigenvalue weighted by Gasteiger charge is -2.37. The van der Waals surface area contributed by atoms with Gasteiger partial charge in [0.05, 0.1) is 6.04 Å². The van der Waals surface area contributed by atoms with E-state index in [-0.39, 0.29) is 23.7 Å². The number of rotatable bonds is 2. The van der Waals surface area contributed by atoms with E-state index < -0.39 is 0 Å². The Morgan fingerprint density at radius 1 is 1.35 bits per heavy atom. The van der Waals surface area contributed by atoms with Crippen LogP contribution < -0.4 is 0 Å². The van der Waals surface area contributed by atoms with Gasteiger partial charge in [-0.3, -0.25) is 9.59 Å². The zero-order chi connectivity index (χ0) is 14.1. The molecule has 1 aromatic rings. The van der Waals surface area contributed by atoms with Gasteiger partial charge >= 0.3 is 0 Å². The number of nitrogens with zero attached hydrogens (tertiary/aromatic N) is 2. The highest BCUT2D eigenvalue weighted by Crippen LogP contribution is 2.27. The minimum Gasteiger partial charge on any atom is -0.340 e. The highest BCUT2D eigenvalue weighted by atomic mass is 35.5. The monoisotopic (exact) mass is 292 g/mol. The van der Waals surface area contributed by atoms with Crippen LogP contribution in [0.15, 0.2) is 24.3 Å². The van der Waals surface area contributed by atoms with Crippen LogP contribution in [0.1, 0.15) is 28.8 Å². The number of carbonyl (C=O) groups excluding carboxylic acids is 2. The van der Waals surface area contributed by atoms with E-state index in [1.807, 2.05) is 29.2 Å². The molecule has 2 aliphatic rings. The smallest absolute Gasteiger partial charge is 0.254 e. The Hall–Kier alpha value is -1.55. The first-order valence-corrected chi connectivity index (χ1v) is 7.47. The van der Waals surface area contributed by atoms with Crippen molar-refractivity contribution in [2.45, 2.75) is 25.4 Å². The maximum Gasteiger partial charge on any atom is 0.254 e. The third kappa shape index (κ3) is 2.29. The lowest BCUT2D eigenvalue weighted by molar-refractivity contribution is -0.130. The van der Waals surface area contributed by atoms with Crippen molar-refractivity contribution in [3.05, 3.63) is 35.4 Å². The number of hydrogen-bond acceptors (Lipinski definition) is 2. The normalized spacial score (nSPS) is 22.1. The van der Waals surface area contributed by atoms with Crippen molar-refractivity contribution < 1.29 is 9.59 Å². The molecule has 2 aliphatic heterocycles. The second-order valence-corrected chi connectivity index (χ2v) is 5.63. The van der Waals surface area contributed by atoms with E-state index in [1.165, 1.54) is 0 Å². The summed E-state index contributed by atoms with van der Waals surface area (Å²) in [4.78, 5) is 27.8. The van der Waals surface area contributed by atoms with Crippen molar-refractivity contribution in [1.82, 2.24) is 9.80 Å². The van der Waals surface area contributed by atoms with Gasteiger partial charge < -0.3 is 9.80 Å². The molecule has 0 bridgehead atoms. The summed E-state index contributed by atoms with van der Waals surface area (Å²) < 4.78 is 0. The minimum atomic E-state index is -0.0412. The number of likely N-dealkylation sites (tertiary alicyclic amines) is 1. The van der Waals surface area contributed by atoms with Crippen molar-refractivity contribution in [3.8, 4) is 0 Å². The molecule has 1 atom stereocenters. The van der Waals surface area contributed by atoms with E-state index in [2.05, 4.69) is 0 Å². The first-order valence-electron chi connectivity index (χ1n) is 6.93. The lowest BCUT2D eigenvalue weighted by Crippen LogP contribution is -2.50. The van der Waals surface area contributed by atoms with Crippen LogP contribution in [0.4, 0.5) is 0 Å². The quantitative estimate of drug-likeness (QED) is 0.781. The Bertz CT molecular complexity index is 546. The van der Waals surface area contributed by atoms with Gasteiger partial charge in [-0.2, -0.15) is 0 Å². The summed E-state index contributed by atoms with van der Waals surface area (Å²) in [5, 5.41) is 0. The first kappa shape index (κ1) is 13.4. The second kappa shape index (κ2) is 5.44. The van der Waals surface area contributed by atoms with Crippen LogP contribution in [-0.2, 0) is 11.3 Å². The summed E-state index contributed by atoms with van der Waals surface area (Å²) in [5.41, 5.74) is 1.88. The summed E-state index contributed by atoms with van der Waals surface area (Å²) in [5.74, 6) is 0.0623. The maximum absolute atomic E-state index is 12.4. The van der Waals surface area contributed by atoms with Crippen LogP contribution in [0.25, 0.3) is 0 Å². The van der Waals surface area contributed by atoms with Crippen molar-refractivity contribution in [2.75, 3.05) is 19.0 Å². The van der Waals surface area contributed by atoms with E-state index >= 15 is 0 Å². The fraction of sp³-hybridized carbons (Fsp3) is 0.467. The highest BCUT2D eigenvalue weighted by molar-refractivity contribution is 6.27. The predicted molar refractivity (Wildman–Crippen MR) is 76.6 cm³/mol. The van der Waals surface area contributed by atoms with Gasteiger partial charge in [-0.15, -0.1) is 11.6 Å². The molecule has 0 saturated carbocycles. The molecule has 2 heterocycles. The number of alkyl halides is 1. The molecule has 1 fully saturated rings. The van der Waals surface area contributed by atoms with Crippen LogP contribution in [0.5, 0.6) is 0 Å². The Labute approximate surface area is 123 Å². The van der Waals surface area contributed by atoms with Crippen LogP contribution >= 0.6 is 11.6 Å². The van der Waals surface area contributed by atoms with Gasteiger partial charge in [0.2, 0.25) is 5.91 Å². The van der Waals surface area contributed by atoms with Crippen molar-refractivity contribution >= 4 is 23.4 Å². The average Bonchev–Trinajstić information content (AvgIpc) is 2.84. The topological polar surface area (TPSA) is 40.6 Å². The largest absolute Gasteiger partial charge is 0.340 e. The Balaban J connectivity index is 1.75. The molecule has 2 amide bonds. The molecule has 1 unspecified atom stereocenters. The van der Waals surface area contributed by atoms with E-state index in [4.69, 9.17) is 11.6 Å². The van der Waals surface area contributed by atoms with E-state index in [0.717, 1.165) is 30.5 Å². The molecule has 5 heteroatoms. The molecular weight excluding hydrogens is 276 g/mol. The van der Waals surface area contributed by atoms with Gasteiger partial charge in [0.15, 0.2) is 0 Å². The number of halogens is 1. The molecule has 0 aromatic heterocycles. The molecule has 0 N–H and O–H groups in total. The van der Waals surface area contributed by atoms with E-state index in [0.29, 0.717) is 13.1 Å². The van der Waals surface area contributed by atoms with E-state index in [9.17, 15) is 9.59 Å². The van der Waals surface area contributed by atoms with Gasteiger partial charge in [-0.25, -0.2) is 0 Å². The van der Waals surface area contributed by atoms with Crippen LogP contribution in [0, 0.1) is 0 Å². The van der Waals surface area contributed by atoms with Crippen molar-refractivity contribution in [3.63, 3.8) is 0 Å². The first-order chi connectivity index (χ1) is 9.70. The molecule has 106 valence electrons. The Kier molecular flexibility index (Phi) is 3.66. The van der Waals surface area contributed by atoms with Gasteiger partial charge in [0, 0.05) is 25.2 Å². The summed E-state index contributed by atoms with van der Waals surface area (Å²) >= 11 is 5.62. The molecule has 3 rings (SSSR count). The molecule has 20 heavy (non-hydrogen) atoms. The number of benzene rings is 1. The van der Waals surface area contributed by atoms with E-state index in [1.54, 1.807) is 4.90 Å². The van der Waals surface area contributed by atoms with Gasteiger partial charge in [-0.1, -0.05) is 18.2 Å². The predicted octanol–water partition coefficient (Wildman–Crippen LogP) is 1.87. The van der Waals surface area contributed by atoms with Crippen LogP contribution in [-0.4, -0.2) is 46.6 Å². The summed E-state index contributed by atoms with van der Waals surface area (Å²) in [6.45, 7) is 2.00. The number of fused-ring (bicyclic) bond motifs is 1. The molecule has 1 aromatic carbocycles. The minimum absolute atomic E-state index is 0.0148. The van der Waals surface area contributed by atoms with Crippen LogP contribution in [0.3, 0.4) is 0 Å². The Morgan fingerprint density at radius 2 is 2.15 bits per heavy atom. The fourth-order valence-corrected chi connectivity index (χ4v) is 3.26. The van der Waals surface area contributed by atoms with Crippen LogP contribution in [0.2, 0.25) is 0 Å². The number of amides is 2. The fourth-order valence-electron chi connectivity index (χ4n) is 3.09. The van der Waals surface area contributed by atoms with Crippen molar-refractivity contribution in [1.29, 1.82) is 0 Å². The molecule has 4 nitrogen and oxygen atoms in total. The van der Waals surface area contributed by atoms with Gasteiger partial charge in [-0.05, 0) is 24.5 Å².